The van der Waals surface area contributed by atoms with Gasteiger partial charge in [0, 0.05) is 25.3 Å². The quantitative estimate of drug-likeness (QED) is 0.856. The van der Waals surface area contributed by atoms with Crippen molar-refractivity contribution in [2.75, 3.05) is 26.2 Å². The highest BCUT2D eigenvalue weighted by Gasteiger charge is 2.20. The minimum atomic E-state index is 0.500. The van der Waals surface area contributed by atoms with Crippen LogP contribution in [0.5, 0.6) is 0 Å². The highest BCUT2D eigenvalue weighted by atomic mass is 15.2. The molecule has 0 amide bonds. The summed E-state index contributed by atoms with van der Waals surface area (Å²) >= 11 is 0. The lowest BCUT2D eigenvalue weighted by molar-refractivity contribution is 0.162. The summed E-state index contributed by atoms with van der Waals surface area (Å²) in [6.45, 7) is 12.3. The molecule has 108 valence electrons. The maximum absolute atomic E-state index is 4.30. The average molecular weight is 264 g/mol. The van der Waals surface area contributed by atoms with Crippen LogP contribution in [-0.2, 0) is 6.54 Å². The Hall–Kier alpha value is -0.870. The van der Waals surface area contributed by atoms with Gasteiger partial charge in [-0.05, 0) is 52.2 Å². The van der Waals surface area contributed by atoms with E-state index in [0.29, 0.717) is 6.04 Å². The highest BCUT2D eigenvalue weighted by molar-refractivity contribution is 5.00. The molecule has 2 heterocycles. The van der Waals surface area contributed by atoms with E-state index in [4.69, 9.17) is 0 Å². The van der Waals surface area contributed by atoms with Crippen molar-refractivity contribution in [1.29, 1.82) is 0 Å². The monoisotopic (exact) mass is 264 g/mol. The Morgan fingerprint density at radius 2 is 2.32 bits per heavy atom. The first kappa shape index (κ1) is 14.5. The number of rotatable bonds is 6. The van der Waals surface area contributed by atoms with E-state index in [1.807, 2.05) is 12.5 Å². The molecule has 4 nitrogen and oxygen atoms in total. The maximum atomic E-state index is 4.30. The molecule has 19 heavy (non-hydrogen) atoms. The van der Waals surface area contributed by atoms with Crippen molar-refractivity contribution in [3.63, 3.8) is 0 Å². The third kappa shape index (κ3) is 4.05. The molecule has 0 aliphatic carbocycles. The lowest BCUT2D eigenvalue weighted by Crippen LogP contribution is -2.39. The van der Waals surface area contributed by atoms with Crippen molar-refractivity contribution >= 4 is 0 Å². The van der Waals surface area contributed by atoms with Crippen LogP contribution in [0.3, 0.4) is 0 Å². The molecule has 1 saturated heterocycles. The van der Waals surface area contributed by atoms with Gasteiger partial charge in [-0.25, -0.2) is 4.98 Å². The molecule has 0 radical (unpaired) electrons. The number of nitrogens with zero attached hydrogens (tertiary/aromatic N) is 3. The van der Waals surface area contributed by atoms with Crippen molar-refractivity contribution in [3.8, 4) is 0 Å². The normalized spacial score (nSPS) is 21.2. The number of likely N-dealkylation sites (tertiary alicyclic amines) is 1. The van der Waals surface area contributed by atoms with Crippen LogP contribution in [0, 0.1) is 5.92 Å². The Balaban J connectivity index is 1.89. The molecule has 1 aliphatic rings. The molecule has 1 fully saturated rings. The van der Waals surface area contributed by atoms with Crippen LogP contribution in [-0.4, -0.2) is 40.6 Å². The Morgan fingerprint density at radius 3 is 3.05 bits per heavy atom. The molecule has 1 atom stereocenters. The molecule has 4 heteroatoms. The fourth-order valence-corrected chi connectivity index (χ4v) is 2.96. The third-order valence-corrected chi connectivity index (χ3v) is 3.97. The molecular weight excluding hydrogens is 236 g/mol. The summed E-state index contributed by atoms with van der Waals surface area (Å²) in [5.74, 6) is 0.809. The topological polar surface area (TPSA) is 33.1 Å². The van der Waals surface area contributed by atoms with Crippen molar-refractivity contribution < 1.29 is 0 Å². The van der Waals surface area contributed by atoms with Crippen molar-refractivity contribution in [2.45, 2.75) is 46.2 Å². The minimum absolute atomic E-state index is 0.500. The van der Waals surface area contributed by atoms with Gasteiger partial charge >= 0.3 is 0 Å². The van der Waals surface area contributed by atoms with E-state index >= 15 is 0 Å². The van der Waals surface area contributed by atoms with Crippen LogP contribution in [0.2, 0.25) is 0 Å². The molecule has 1 unspecified atom stereocenters. The first-order valence-electron chi connectivity index (χ1n) is 7.64. The summed E-state index contributed by atoms with van der Waals surface area (Å²) < 4.78 is 2.29. The average Bonchev–Trinajstić information content (AvgIpc) is 2.85. The van der Waals surface area contributed by atoms with Gasteiger partial charge in [-0.15, -0.1) is 0 Å². The largest absolute Gasteiger partial charge is 0.331 e. The van der Waals surface area contributed by atoms with Crippen LogP contribution >= 0.6 is 0 Å². The number of hydrogen-bond donors (Lipinski definition) is 1. The van der Waals surface area contributed by atoms with Crippen LogP contribution in [0.1, 0.15) is 45.3 Å². The summed E-state index contributed by atoms with van der Waals surface area (Å²) in [5.41, 5.74) is 1.35. The van der Waals surface area contributed by atoms with Gasteiger partial charge in [-0.2, -0.15) is 0 Å². The predicted octanol–water partition coefficient (Wildman–Crippen LogP) is 2.29. The zero-order valence-electron chi connectivity index (χ0n) is 12.6. The van der Waals surface area contributed by atoms with Crippen LogP contribution in [0.15, 0.2) is 12.5 Å². The lowest BCUT2D eigenvalue weighted by Gasteiger charge is -2.33. The number of piperidine rings is 1. The molecule has 0 saturated carbocycles. The predicted molar refractivity (Wildman–Crippen MR) is 79.2 cm³/mol. The zero-order valence-corrected chi connectivity index (χ0v) is 12.6. The number of nitrogens with one attached hydrogen (secondary N) is 1. The van der Waals surface area contributed by atoms with E-state index in [-0.39, 0.29) is 0 Å². The van der Waals surface area contributed by atoms with Gasteiger partial charge < -0.3 is 9.88 Å². The van der Waals surface area contributed by atoms with Gasteiger partial charge in [-0.1, -0.05) is 6.92 Å². The van der Waals surface area contributed by atoms with Gasteiger partial charge in [-0.3, -0.25) is 4.90 Å². The molecular formula is C15H28N4. The summed E-state index contributed by atoms with van der Waals surface area (Å²) in [6.07, 6.45) is 6.67. The fourth-order valence-electron chi connectivity index (χ4n) is 2.96. The number of aromatic nitrogens is 2. The molecule has 0 bridgehead atoms. The second kappa shape index (κ2) is 7.06. The van der Waals surface area contributed by atoms with Crippen LogP contribution < -0.4 is 5.32 Å². The number of imidazole rings is 1. The highest BCUT2D eigenvalue weighted by Crippen LogP contribution is 2.19. The van der Waals surface area contributed by atoms with Crippen molar-refractivity contribution in [2.24, 2.45) is 5.92 Å². The SMILES string of the molecule is CCNCC1CCCN(Cc2cncn2C(C)C)C1. The molecule has 1 N–H and O–H groups in total. The standard InChI is InChI=1S/C15H28N4/c1-4-16-8-14-6-5-7-18(10-14)11-15-9-17-12-19(15)13(2)3/h9,12-14,16H,4-8,10-11H2,1-3H3. The summed E-state index contributed by atoms with van der Waals surface area (Å²) in [6, 6.07) is 0.500. The Morgan fingerprint density at radius 1 is 1.47 bits per heavy atom. The van der Waals surface area contributed by atoms with Crippen molar-refractivity contribution in [1.82, 2.24) is 19.8 Å². The first-order valence-corrected chi connectivity index (χ1v) is 7.64. The lowest BCUT2D eigenvalue weighted by atomic mass is 9.98. The smallest absolute Gasteiger partial charge is 0.0951 e. The van der Waals surface area contributed by atoms with E-state index in [1.165, 1.54) is 31.6 Å². The Labute approximate surface area is 117 Å². The van der Waals surface area contributed by atoms with Gasteiger partial charge in [0.1, 0.15) is 0 Å². The summed E-state index contributed by atoms with van der Waals surface area (Å²) in [5, 5.41) is 3.48. The Bertz CT molecular complexity index is 372. The first-order chi connectivity index (χ1) is 9.20. The van der Waals surface area contributed by atoms with E-state index in [9.17, 15) is 0 Å². The molecule has 1 aromatic heterocycles. The number of hydrogen-bond acceptors (Lipinski definition) is 3. The molecule has 2 rings (SSSR count). The van der Waals surface area contributed by atoms with E-state index in [2.05, 4.69) is 40.5 Å². The summed E-state index contributed by atoms with van der Waals surface area (Å²) in [4.78, 5) is 6.89. The van der Waals surface area contributed by atoms with Gasteiger partial charge in [0.25, 0.3) is 0 Å². The molecule has 0 spiro atoms. The van der Waals surface area contributed by atoms with Crippen LogP contribution in [0.4, 0.5) is 0 Å². The van der Waals surface area contributed by atoms with E-state index < -0.39 is 0 Å². The third-order valence-electron chi connectivity index (χ3n) is 3.97. The van der Waals surface area contributed by atoms with Crippen molar-refractivity contribution in [3.05, 3.63) is 18.2 Å². The minimum Gasteiger partial charge on any atom is -0.331 e. The van der Waals surface area contributed by atoms with Crippen LogP contribution in [0.25, 0.3) is 0 Å². The maximum Gasteiger partial charge on any atom is 0.0951 e. The Kier molecular flexibility index (Phi) is 5.40. The fraction of sp³-hybridized carbons (Fsp3) is 0.800. The van der Waals surface area contributed by atoms with E-state index in [0.717, 1.165) is 25.6 Å². The van der Waals surface area contributed by atoms with Gasteiger partial charge in [0.05, 0.1) is 12.0 Å². The second-order valence-corrected chi connectivity index (χ2v) is 5.94. The second-order valence-electron chi connectivity index (χ2n) is 5.94. The van der Waals surface area contributed by atoms with Gasteiger partial charge in [0.15, 0.2) is 0 Å². The molecule has 1 aromatic rings. The zero-order chi connectivity index (χ0) is 13.7. The molecule has 1 aliphatic heterocycles. The van der Waals surface area contributed by atoms with Gasteiger partial charge in [0.2, 0.25) is 0 Å². The molecule has 0 aromatic carbocycles. The summed E-state index contributed by atoms with van der Waals surface area (Å²) in [7, 11) is 0. The van der Waals surface area contributed by atoms with E-state index in [1.54, 1.807) is 0 Å².